The van der Waals surface area contributed by atoms with Crippen molar-refractivity contribution in [3.8, 4) is 5.75 Å². The third-order valence-electron chi connectivity index (χ3n) is 4.00. The number of aromatic nitrogens is 2. The number of hydrogen-bond acceptors (Lipinski definition) is 5. The largest absolute Gasteiger partial charge is 0.497 e. The average molecular weight is 369 g/mol. The molecule has 0 fully saturated rings. The number of pyridine rings is 1. The number of amides is 1. The summed E-state index contributed by atoms with van der Waals surface area (Å²) in [7, 11) is 1.60. The quantitative estimate of drug-likeness (QED) is 0.749. The second-order valence-electron chi connectivity index (χ2n) is 5.82. The Kier molecular flexibility index (Phi) is 5.18. The highest BCUT2D eigenvalue weighted by molar-refractivity contribution is 7.15. The van der Waals surface area contributed by atoms with Gasteiger partial charge in [-0.3, -0.25) is 14.9 Å². The first-order valence-corrected chi connectivity index (χ1v) is 8.87. The summed E-state index contributed by atoms with van der Waals surface area (Å²) in [6.07, 6.45) is 1.66. The van der Waals surface area contributed by atoms with Crippen molar-refractivity contribution < 1.29 is 9.53 Å². The first-order valence-electron chi connectivity index (χ1n) is 8.05. The molecule has 3 aromatic rings. The maximum Gasteiger partial charge on any atom is 0.263 e. The molecule has 0 radical (unpaired) electrons. The highest BCUT2D eigenvalue weighted by Crippen LogP contribution is 2.21. The van der Waals surface area contributed by atoms with E-state index < -0.39 is 5.91 Å². The van der Waals surface area contributed by atoms with Gasteiger partial charge in [-0.15, -0.1) is 11.3 Å². The molecule has 26 heavy (non-hydrogen) atoms. The fourth-order valence-electron chi connectivity index (χ4n) is 2.49. The van der Waals surface area contributed by atoms with E-state index in [9.17, 15) is 9.59 Å². The van der Waals surface area contributed by atoms with Crippen LogP contribution < -0.4 is 15.6 Å². The Labute approximate surface area is 155 Å². The minimum atomic E-state index is -0.455. The molecule has 0 aliphatic heterocycles. The summed E-state index contributed by atoms with van der Waals surface area (Å²) in [5.74, 6) is 0.266. The van der Waals surface area contributed by atoms with Gasteiger partial charge in [-0.25, -0.2) is 4.98 Å². The molecule has 0 atom stereocenters. The summed E-state index contributed by atoms with van der Waals surface area (Å²) in [4.78, 5) is 30.5. The molecule has 0 unspecified atom stereocenters. The molecular formula is C19H19N3O3S. The van der Waals surface area contributed by atoms with Gasteiger partial charge in [0, 0.05) is 11.1 Å². The fourth-order valence-corrected chi connectivity index (χ4v) is 3.30. The van der Waals surface area contributed by atoms with Crippen LogP contribution in [0.3, 0.4) is 0 Å². The molecule has 2 aromatic heterocycles. The van der Waals surface area contributed by atoms with Crippen LogP contribution in [0.2, 0.25) is 0 Å². The fraction of sp³-hybridized carbons (Fsp3) is 0.211. The maximum atomic E-state index is 12.7. The van der Waals surface area contributed by atoms with Crippen LogP contribution in [0.15, 0.2) is 47.4 Å². The van der Waals surface area contributed by atoms with Crippen LogP contribution in [0.1, 0.15) is 26.5 Å². The molecular weight excluding hydrogens is 350 g/mol. The Hall–Kier alpha value is -2.93. The zero-order valence-corrected chi connectivity index (χ0v) is 15.6. The van der Waals surface area contributed by atoms with Crippen LogP contribution in [0.5, 0.6) is 5.75 Å². The van der Waals surface area contributed by atoms with E-state index in [4.69, 9.17) is 4.74 Å². The summed E-state index contributed by atoms with van der Waals surface area (Å²) in [6, 6.07) is 10.7. The van der Waals surface area contributed by atoms with E-state index >= 15 is 0 Å². The Morgan fingerprint density at radius 3 is 2.77 bits per heavy atom. The van der Waals surface area contributed by atoms with Gasteiger partial charge in [0.15, 0.2) is 5.13 Å². The summed E-state index contributed by atoms with van der Waals surface area (Å²) in [6.45, 7) is 4.17. The van der Waals surface area contributed by atoms with Gasteiger partial charge in [-0.2, -0.15) is 0 Å². The molecule has 134 valence electrons. The second-order valence-corrected chi connectivity index (χ2v) is 7.02. The van der Waals surface area contributed by atoms with Crippen molar-refractivity contribution in [3.05, 3.63) is 74.6 Å². The monoisotopic (exact) mass is 369 g/mol. The van der Waals surface area contributed by atoms with Crippen LogP contribution in [0, 0.1) is 13.8 Å². The number of benzene rings is 1. The van der Waals surface area contributed by atoms with E-state index in [-0.39, 0.29) is 11.1 Å². The Balaban J connectivity index is 1.84. The molecule has 0 aliphatic carbocycles. The number of rotatable bonds is 5. The number of carbonyl (C=O) groups excluding carboxylic acids is 1. The second kappa shape index (κ2) is 7.53. The van der Waals surface area contributed by atoms with Gasteiger partial charge in [-0.05, 0) is 43.7 Å². The molecule has 0 bridgehead atoms. The molecule has 1 amide bonds. The Morgan fingerprint density at radius 1 is 1.27 bits per heavy atom. The number of nitrogens with one attached hydrogen (secondary N) is 1. The van der Waals surface area contributed by atoms with Crippen molar-refractivity contribution in [3.63, 3.8) is 0 Å². The van der Waals surface area contributed by atoms with Crippen LogP contribution in [0.25, 0.3) is 0 Å². The molecule has 0 saturated carbocycles. The van der Waals surface area contributed by atoms with E-state index in [1.807, 2.05) is 38.1 Å². The number of aryl methyl sites for hydroxylation is 2. The topological polar surface area (TPSA) is 73.2 Å². The van der Waals surface area contributed by atoms with Crippen LogP contribution in [-0.4, -0.2) is 22.6 Å². The lowest BCUT2D eigenvalue weighted by Gasteiger charge is -2.09. The SMILES string of the molecule is COc1cccc(Cn2cccc(C(=O)Nc3nc(C)c(C)s3)c2=O)c1. The molecule has 2 heterocycles. The van der Waals surface area contributed by atoms with Crippen molar-refractivity contribution in [1.29, 1.82) is 0 Å². The van der Waals surface area contributed by atoms with E-state index in [2.05, 4.69) is 10.3 Å². The molecule has 3 rings (SSSR count). The van der Waals surface area contributed by atoms with Crippen molar-refractivity contribution in [2.45, 2.75) is 20.4 Å². The van der Waals surface area contributed by atoms with E-state index in [1.165, 1.54) is 22.0 Å². The predicted molar refractivity (Wildman–Crippen MR) is 102 cm³/mol. The molecule has 0 saturated heterocycles. The highest BCUT2D eigenvalue weighted by Gasteiger charge is 2.15. The minimum absolute atomic E-state index is 0.0842. The van der Waals surface area contributed by atoms with Crippen molar-refractivity contribution in [2.24, 2.45) is 0 Å². The lowest BCUT2D eigenvalue weighted by atomic mass is 10.2. The molecule has 0 aliphatic rings. The minimum Gasteiger partial charge on any atom is -0.497 e. The standard InChI is InChI=1S/C19H19N3O3S/c1-12-13(2)26-19(20-12)21-17(23)16-8-5-9-22(18(16)24)11-14-6-4-7-15(10-14)25-3/h4-10H,11H2,1-3H3,(H,20,21,23). The molecule has 1 N–H and O–H groups in total. The summed E-state index contributed by atoms with van der Waals surface area (Å²) in [5, 5.41) is 3.20. The summed E-state index contributed by atoms with van der Waals surface area (Å²) < 4.78 is 6.71. The first-order chi connectivity index (χ1) is 12.5. The molecule has 0 spiro atoms. The Bertz CT molecular complexity index is 988. The third-order valence-corrected chi connectivity index (χ3v) is 4.99. The van der Waals surface area contributed by atoms with Gasteiger partial charge in [0.2, 0.25) is 0 Å². The zero-order chi connectivity index (χ0) is 18.7. The molecule has 1 aromatic carbocycles. The summed E-state index contributed by atoms with van der Waals surface area (Å²) >= 11 is 1.39. The first kappa shape index (κ1) is 17.9. The van der Waals surface area contributed by atoms with E-state index in [1.54, 1.807) is 19.4 Å². The smallest absolute Gasteiger partial charge is 0.263 e. The van der Waals surface area contributed by atoms with Crippen molar-refractivity contribution in [1.82, 2.24) is 9.55 Å². The number of anilines is 1. The lowest BCUT2D eigenvalue weighted by Crippen LogP contribution is -2.29. The van der Waals surface area contributed by atoms with Crippen molar-refractivity contribution >= 4 is 22.4 Å². The highest BCUT2D eigenvalue weighted by atomic mass is 32.1. The number of hydrogen-bond donors (Lipinski definition) is 1. The van der Waals surface area contributed by atoms with Crippen LogP contribution in [0.4, 0.5) is 5.13 Å². The number of carbonyl (C=O) groups is 1. The van der Waals surface area contributed by atoms with Gasteiger partial charge in [-0.1, -0.05) is 12.1 Å². The van der Waals surface area contributed by atoms with Gasteiger partial charge in [0.25, 0.3) is 11.5 Å². The lowest BCUT2D eigenvalue weighted by molar-refractivity contribution is 0.102. The third kappa shape index (κ3) is 3.83. The van der Waals surface area contributed by atoms with E-state index in [0.717, 1.165) is 21.9 Å². The number of methoxy groups -OCH3 is 1. The van der Waals surface area contributed by atoms with E-state index in [0.29, 0.717) is 11.7 Å². The molecule has 7 heteroatoms. The van der Waals surface area contributed by atoms with Crippen LogP contribution >= 0.6 is 11.3 Å². The average Bonchev–Trinajstić information content (AvgIpc) is 2.94. The maximum absolute atomic E-state index is 12.7. The van der Waals surface area contributed by atoms with Gasteiger partial charge >= 0.3 is 0 Å². The number of ether oxygens (including phenoxy) is 1. The zero-order valence-electron chi connectivity index (χ0n) is 14.8. The normalized spacial score (nSPS) is 10.6. The van der Waals surface area contributed by atoms with Crippen LogP contribution in [-0.2, 0) is 6.54 Å². The molecule has 6 nitrogen and oxygen atoms in total. The van der Waals surface area contributed by atoms with Gasteiger partial charge in [0.05, 0.1) is 19.3 Å². The van der Waals surface area contributed by atoms with Gasteiger partial charge < -0.3 is 9.30 Å². The Morgan fingerprint density at radius 2 is 2.08 bits per heavy atom. The number of nitrogens with zero attached hydrogens (tertiary/aromatic N) is 2. The van der Waals surface area contributed by atoms with Crippen molar-refractivity contribution in [2.75, 3.05) is 12.4 Å². The number of thiazole rings is 1. The predicted octanol–water partition coefficient (Wildman–Crippen LogP) is 3.23. The summed E-state index contributed by atoms with van der Waals surface area (Å²) in [5.41, 5.74) is 1.52. The van der Waals surface area contributed by atoms with Gasteiger partial charge in [0.1, 0.15) is 11.3 Å².